The average Bonchev–Trinajstić information content (AvgIpc) is 2.89. The number of hydrogen-bond acceptors (Lipinski definition) is 2. The predicted octanol–water partition coefficient (Wildman–Crippen LogP) is 9.41. The molecule has 2 heteroatoms. The van der Waals surface area contributed by atoms with Gasteiger partial charge in [-0.3, -0.25) is 0 Å². The molecule has 0 saturated heterocycles. The Morgan fingerprint density at radius 3 is 2.15 bits per heavy atom. The molecule has 2 aromatic carbocycles. The Morgan fingerprint density at radius 2 is 1.44 bits per heavy atom. The largest absolute Gasteiger partial charge is 0.158 e. The molecule has 0 atom stereocenters. The van der Waals surface area contributed by atoms with Gasteiger partial charge in [0.05, 0.1) is 11.9 Å². The van der Waals surface area contributed by atoms with Crippen molar-refractivity contribution in [2.75, 3.05) is 0 Å². The van der Waals surface area contributed by atoms with Crippen molar-refractivity contribution < 1.29 is 0 Å². The molecule has 0 aromatic heterocycles. The second kappa shape index (κ2) is 15.6. The second-order valence-electron chi connectivity index (χ2n) is 10.2. The molecule has 2 nitrogen and oxygen atoms in total. The van der Waals surface area contributed by atoms with Crippen LogP contribution in [0.15, 0.2) is 64.8 Å². The molecular formula is C32H46N2. The summed E-state index contributed by atoms with van der Waals surface area (Å²) < 4.78 is 0. The van der Waals surface area contributed by atoms with Gasteiger partial charge < -0.3 is 0 Å². The zero-order valence-electron chi connectivity index (χ0n) is 21.7. The van der Waals surface area contributed by atoms with Crippen LogP contribution in [-0.4, -0.2) is 11.9 Å². The molecule has 184 valence electrons. The third kappa shape index (κ3) is 9.20. The SMILES string of the molecule is CCCCCCCC1CCC(C(=NN=Cc2ccc(CCCCC)cc2)c2ccccc2)CC1. The van der Waals surface area contributed by atoms with E-state index in [-0.39, 0.29) is 0 Å². The van der Waals surface area contributed by atoms with E-state index in [1.54, 1.807) is 0 Å². The van der Waals surface area contributed by atoms with Gasteiger partial charge in [-0.1, -0.05) is 120 Å². The maximum absolute atomic E-state index is 4.80. The molecule has 0 aliphatic heterocycles. The highest BCUT2D eigenvalue weighted by Crippen LogP contribution is 2.34. The molecule has 0 unspecified atom stereocenters. The number of unbranched alkanes of at least 4 members (excludes halogenated alkanes) is 6. The zero-order valence-corrected chi connectivity index (χ0v) is 21.7. The van der Waals surface area contributed by atoms with Crippen LogP contribution in [-0.2, 0) is 6.42 Å². The first kappa shape index (κ1) is 26.4. The molecule has 34 heavy (non-hydrogen) atoms. The van der Waals surface area contributed by atoms with E-state index >= 15 is 0 Å². The molecule has 1 saturated carbocycles. The lowest BCUT2D eigenvalue weighted by atomic mass is 9.76. The van der Waals surface area contributed by atoms with Crippen LogP contribution in [0.3, 0.4) is 0 Å². The van der Waals surface area contributed by atoms with Crippen LogP contribution in [0.2, 0.25) is 0 Å². The van der Waals surface area contributed by atoms with Crippen molar-refractivity contribution >= 4 is 11.9 Å². The van der Waals surface area contributed by atoms with Crippen LogP contribution < -0.4 is 0 Å². The summed E-state index contributed by atoms with van der Waals surface area (Å²) in [6.07, 6.45) is 20.5. The van der Waals surface area contributed by atoms with Crippen LogP contribution in [0.5, 0.6) is 0 Å². The highest BCUT2D eigenvalue weighted by atomic mass is 15.2. The third-order valence-electron chi connectivity index (χ3n) is 7.44. The molecule has 0 N–H and O–H groups in total. The van der Waals surface area contributed by atoms with Gasteiger partial charge in [0.15, 0.2) is 0 Å². The molecule has 0 bridgehead atoms. The van der Waals surface area contributed by atoms with Gasteiger partial charge in [0, 0.05) is 5.92 Å². The van der Waals surface area contributed by atoms with Crippen LogP contribution in [0.25, 0.3) is 0 Å². The molecule has 0 amide bonds. The van der Waals surface area contributed by atoms with Crippen molar-refractivity contribution in [1.29, 1.82) is 0 Å². The van der Waals surface area contributed by atoms with Crippen LogP contribution in [0, 0.1) is 11.8 Å². The Kier molecular flexibility index (Phi) is 12.1. The smallest absolute Gasteiger partial charge is 0.0733 e. The van der Waals surface area contributed by atoms with E-state index in [1.165, 1.54) is 107 Å². The van der Waals surface area contributed by atoms with Gasteiger partial charge >= 0.3 is 0 Å². The molecule has 0 heterocycles. The highest BCUT2D eigenvalue weighted by Gasteiger charge is 2.25. The fourth-order valence-electron chi connectivity index (χ4n) is 5.25. The van der Waals surface area contributed by atoms with Crippen molar-refractivity contribution in [1.82, 2.24) is 0 Å². The maximum atomic E-state index is 4.80. The molecule has 1 aliphatic carbocycles. The van der Waals surface area contributed by atoms with Crippen molar-refractivity contribution in [3.8, 4) is 0 Å². The van der Waals surface area contributed by atoms with Gasteiger partial charge in [-0.15, -0.1) is 0 Å². The summed E-state index contributed by atoms with van der Waals surface area (Å²) in [6, 6.07) is 19.5. The number of aryl methyl sites for hydroxylation is 1. The first-order chi connectivity index (χ1) is 16.8. The number of nitrogens with zero attached hydrogens (tertiary/aromatic N) is 2. The number of rotatable bonds is 14. The van der Waals surface area contributed by atoms with Gasteiger partial charge in [-0.05, 0) is 61.1 Å². The van der Waals surface area contributed by atoms with E-state index in [2.05, 4.69) is 73.5 Å². The third-order valence-corrected chi connectivity index (χ3v) is 7.44. The normalized spacial score (nSPS) is 19.1. The summed E-state index contributed by atoms with van der Waals surface area (Å²) >= 11 is 0. The Hall–Kier alpha value is -2.22. The number of hydrogen-bond donors (Lipinski definition) is 0. The van der Waals surface area contributed by atoms with E-state index < -0.39 is 0 Å². The summed E-state index contributed by atoms with van der Waals surface area (Å²) in [4.78, 5) is 0. The molecule has 0 spiro atoms. The summed E-state index contributed by atoms with van der Waals surface area (Å²) in [5.74, 6) is 1.44. The first-order valence-corrected chi connectivity index (χ1v) is 14.1. The minimum atomic E-state index is 0.525. The van der Waals surface area contributed by atoms with E-state index in [9.17, 15) is 0 Å². The Labute approximate surface area is 209 Å². The van der Waals surface area contributed by atoms with E-state index in [0.29, 0.717) is 5.92 Å². The second-order valence-corrected chi connectivity index (χ2v) is 10.2. The Morgan fingerprint density at radius 1 is 0.765 bits per heavy atom. The van der Waals surface area contributed by atoms with Crippen LogP contribution in [0.1, 0.15) is 114 Å². The monoisotopic (exact) mass is 458 g/mol. The molecule has 2 aromatic rings. The minimum absolute atomic E-state index is 0.525. The van der Waals surface area contributed by atoms with E-state index in [4.69, 9.17) is 5.10 Å². The van der Waals surface area contributed by atoms with Crippen molar-refractivity contribution in [2.45, 2.75) is 104 Å². The average molecular weight is 459 g/mol. The molecule has 0 radical (unpaired) electrons. The standard InChI is InChI=1S/C32H46N2/c1-3-5-7-8-11-15-28-22-24-31(25-23-28)32(30-16-12-9-13-17-30)34-33-26-29-20-18-27(19-21-29)14-10-6-4-2/h9,12-13,16-21,26,28,31H,3-8,10-11,14-15,22-25H2,1-2H3. The quantitative estimate of drug-likeness (QED) is 0.153. The minimum Gasteiger partial charge on any atom is -0.158 e. The first-order valence-electron chi connectivity index (χ1n) is 14.1. The van der Waals surface area contributed by atoms with E-state index in [0.717, 1.165) is 11.5 Å². The molecule has 3 rings (SSSR count). The van der Waals surface area contributed by atoms with Gasteiger partial charge in [0.1, 0.15) is 0 Å². The summed E-state index contributed by atoms with van der Waals surface area (Å²) in [5.41, 5.74) is 4.95. The predicted molar refractivity (Wildman–Crippen MR) is 149 cm³/mol. The maximum Gasteiger partial charge on any atom is 0.0733 e. The molecule has 1 fully saturated rings. The Balaban J connectivity index is 1.58. The fraction of sp³-hybridized carbons (Fsp3) is 0.562. The van der Waals surface area contributed by atoms with Crippen LogP contribution in [0.4, 0.5) is 0 Å². The van der Waals surface area contributed by atoms with Crippen molar-refractivity contribution in [3.63, 3.8) is 0 Å². The topological polar surface area (TPSA) is 24.7 Å². The van der Waals surface area contributed by atoms with Gasteiger partial charge in [0.25, 0.3) is 0 Å². The summed E-state index contributed by atoms with van der Waals surface area (Å²) in [6.45, 7) is 4.55. The molecule has 1 aliphatic rings. The fourth-order valence-corrected chi connectivity index (χ4v) is 5.25. The van der Waals surface area contributed by atoms with Crippen molar-refractivity contribution in [2.24, 2.45) is 22.0 Å². The summed E-state index contributed by atoms with van der Waals surface area (Å²) in [5, 5.41) is 9.36. The lowest BCUT2D eigenvalue weighted by molar-refractivity contribution is 0.298. The van der Waals surface area contributed by atoms with E-state index in [1.807, 2.05) is 6.21 Å². The molecular weight excluding hydrogens is 412 g/mol. The van der Waals surface area contributed by atoms with Gasteiger partial charge in [0.2, 0.25) is 0 Å². The lowest BCUT2D eigenvalue weighted by Gasteiger charge is -2.29. The summed E-state index contributed by atoms with van der Waals surface area (Å²) in [7, 11) is 0. The Bertz CT molecular complexity index is 842. The van der Waals surface area contributed by atoms with Gasteiger partial charge in [-0.2, -0.15) is 10.2 Å². The lowest BCUT2D eigenvalue weighted by Crippen LogP contribution is -2.22. The van der Waals surface area contributed by atoms with Crippen LogP contribution >= 0.6 is 0 Å². The zero-order chi connectivity index (χ0) is 23.8. The highest BCUT2D eigenvalue weighted by molar-refractivity contribution is 6.02. The van der Waals surface area contributed by atoms with Crippen molar-refractivity contribution in [3.05, 3.63) is 71.3 Å². The number of benzene rings is 2. The van der Waals surface area contributed by atoms with Gasteiger partial charge in [-0.25, -0.2) is 0 Å².